The third-order valence-corrected chi connectivity index (χ3v) is 1.79. The maximum Gasteiger partial charge on any atom is 0.338 e. The van der Waals surface area contributed by atoms with Crippen LogP contribution in [-0.2, 0) is 6.54 Å². The summed E-state index contributed by atoms with van der Waals surface area (Å²) in [5.41, 5.74) is 4.74. The number of nitriles is 1. The molecule has 0 heterocycles. The Morgan fingerprint density at radius 3 is 2.71 bits per heavy atom. The van der Waals surface area contributed by atoms with E-state index in [9.17, 15) is 9.18 Å². The topological polar surface area (TPSA) is 87.1 Å². The molecule has 1 aromatic carbocycles. The molecule has 0 unspecified atom stereocenters. The summed E-state index contributed by atoms with van der Waals surface area (Å²) in [7, 11) is 0. The van der Waals surface area contributed by atoms with E-state index in [2.05, 4.69) is 0 Å². The van der Waals surface area contributed by atoms with Gasteiger partial charge in [0.1, 0.15) is 6.07 Å². The largest absolute Gasteiger partial charge is 0.478 e. The molecule has 0 aromatic heterocycles. The molecule has 5 heteroatoms. The van der Waals surface area contributed by atoms with Crippen LogP contribution in [0.25, 0.3) is 0 Å². The second-order valence-electron chi connectivity index (χ2n) is 2.58. The van der Waals surface area contributed by atoms with E-state index in [0.717, 1.165) is 6.07 Å². The number of aromatic carboxylic acids is 1. The zero-order valence-corrected chi connectivity index (χ0v) is 7.12. The first-order valence-electron chi connectivity index (χ1n) is 3.76. The zero-order valence-electron chi connectivity index (χ0n) is 7.12. The van der Waals surface area contributed by atoms with Crippen LogP contribution in [0.4, 0.5) is 4.39 Å². The molecule has 0 saturated carbocycles. The number of halogens is 1. The summed E-state index contributed by atoms with van der Waals surface area (Å²) in [5.74, 6) is -2.43. The Kier molecular flexibility index (Phi) is 2.79. The number of carbonyl (C=O) groups is 1. The Morgan fingerprint density at radius 1 is 1.64 bits per heavy atom. The Labute approximate surface area is 79.4 Å². The Balaban J connectivity index is 3.44. The van der Waals surface area contributed by atoms with Crippen molar-refractivity contribution >= 4 is 5.97 Å². The van der Waals surface area contributed by atoms with Crippen LogP contribution >= 0.6 is 0 Å². The third kappa shape index (κ3) is 1.56. The van der Waals surface area contributed by atoms with Gasteiger partial charge in [0.2, 0.25) is 0 Å². The maximum atomic E-state index is 13.3. The summed E-state index contributed by atoms with van der Waals surface area (Å²) in [4.78, 5) is 10.5. The fourth-order valence-corrected chi connectivity index (χ4v) is 1.07. The highest BCUT2D eigenvalue weighted by molar-refractivity contribution is 5.88. The van der Waals surface area contributed by atoms with Crippen molar-refractivity contribution in [3.63, 3.8) is 0 Å². The van der Waals surface area contributed by atoms with Gasteiger partial charge in [-0.1, -0.05) is 6.07 Å². The number of benzene rings is 1. The van der Waals surface area contributed by atoms with Crippen LogP contribution in [0, 0.1) is 17.1 Å². The van der Waals surface area contributed by atoms with Crippen molar-refractivity contribution in [2.24, 2.45) is 5.73 Å². The maximum absolute atomic E-state index is 13.3. The smallest absolute Gasteiger partial charge is 0.338 e. The van der Waals surface area contributed by atoms with Gasteiger partial charge in [-0.05, 0) is 11.6 Å². The van der Waals surface area contributed by atoms with Crippen LogP contribution in [0.2, 0.25) is 0 Å². The number of nitrogens with two attached hydrogens (primary N) is 1. The lowest BCUT2D eigenvalue weighted by Crippen LogP contribution is -2.07. The molecule has 0 fully saturated rings. The molecule has 0 bridgehead atoms. The molecule has 3 N–H and O–H groups in total. The van der Waals surface area contributed by atoms with Gasteiger partial charge in [-0.25, -0.2) is 9.18 Å². The average molecular weight is 194 g/mol. The normalized spacial score (nSPS) is 9.50. The number of hydrogen-bond acceptors (Lipinski definition) is 3. The van der Waals surface area contributed by atoms with Crippen molar-refractivity contribution in [1.29, 1.82) is 5.26 Å². The second kappa shape index (κ2) is 3.85. The predicted molar refractivity (Wildman–Crippen MR) is 46.0 cm³/mol. The first kappa shape index (κ1) is 10.2. The van der Waals surface area contributed by atoms with Crippen molar-refractivity contribution in [3.8, 4) is 6.07 Å². The van der Waals surface area contributed by atoms with Gasteiger partial charge in [-0.3, -0.25) is 0 Å². The Morgan fingerprint density at radius 2 is 2.29 bits per heavy atom. The van der Waals surface area contributed by atoms with Crippen molar-refractivity contribution in [3.05, 3.63) is 34.6 Å². The molecule has 0 atom stereocenters. The first-order chi connectivity index (χ1) is 6.61. The van der Waals surface area contributed by atoms with Gasteiger partial charge in [0, 0.05) is 6.54 Å². The van der Waals surface area contributed by atoms with Crippen LogP contribution < -0.4 is 5.73 Å². The summed E-state index contributed by atoms with van der Waals surface area (Å²) in [6.45, 7) is -0.000285. The van der Waals surface area contributed by atoms with Gasteiger partial charge in [-0.2, -0.15) is 5.26 Å². The van der Waals surface area contributed by atoms with Crippen molar-refractivity contribution in [1.82, 2.24) is 0 Å². The Hall–Kier alpha value is -1.93. The highest BCUT2D eigenvalue weighted by atomic mass is 19.1. The number of hydrogen-bond donors (Lipinski definition) is 2. The third-order valence-electron chi connectivity index (χ3n) is 1.79. The number of rotatable bonds is 2. The quantitative estimate of drug-likeness (QED) is 0.730. The molecule has 0 amide bonds. The molecule has 0 radical (unpaired) electrons. The van der Waals surface area contributed by atoms with E-state index in [1.807, 2.05) is 0 Å². The SMILES string of the molecule is N#Cc1c(CN)ccc(C(=O)O)c1F. The van der Waals surface area contributed by atoms with Crippen molar-refractivity contribution in [2.75, 3.05) is 0 Å². The van der Waals surface area contributed by atoms with Gasteiger partial charge in [0.05, 0.1) is 11.1 Å². The monoisotopic (exact) mass is 194 g/mol. The number of carboxylic acid groups (broad SMARTS) is 1. The standard InChI is InChI=1S/C9H7FN2O2/c10-8-6(9(13)14)2-1-5(3-11)7(8)4-12/h1-2H,3,11H2,(H,13,14). The second-order valence-corrected chi connectivity index (χ2v) is 2.58. The molecule has 0 aliphatic carbocycles. The molecule has 72 valence electrons. The van der Waals surface area contributed by atoms with E-state index in [0.29, 0.717) is 5.56 Å². The van der Waals surface area contributed by atoms with E-state index in [-0.39, 0.29) is 12.1 Å². The van der Waals surface area contributed by atoms with Gasteiger partial charge >= 0.3 is 5.97 Å². The van der Waals surface area contributed by atoms with E-state index >= 15 is 0 Å². The minimum Gasteiger partial charge on any atom is -0.478 e. The minimum absolute atomic E-state index is 0.000285. The number of nitrogens with zero attached hydrogens (tertiary/aromatic N) is 1. The van der Waals surface area contributed by atoms with Crippen molar-refractivity contribution < 1.29 is 14.3 Å². The van der Waals surface area contributed by atoms with E-state index in [1.165, 1.54) is 6.07 Å². The van der Waals surface area contributed by atoms with Crippen LogP contribution in [-0.4, -0.2) is 11.1 Å². The number of carboxylic acids is 1. The summed E-state index contributed by atoms with van der Waals surface area (Å²) >= 11 is 0. The molecule has 1 aromatic rings. The fraction of sp³-hybridized carbons (Fsp3) is 0.111. The lowest BCUT2D eigenvalue weighted by molar-refractivity contribution is 0.0692. The summed E-state index contributed by atoms with van der Waals surface area (Å²) < 4.78 is 13.3. The van der Waals surface area contributed by atoms with Gasteiger partial charge in [-0.15, -0.1) is 0 Å². The van der Waals surface area contributed by atoms with Crippen LogP contribution in [0.1, 0.15) is 21.5 Å². The molecular weight excluding hydrogens is 187 g/mol. The van der Waals surface area contributed by atoms with E-state index in [1.54, 1.807) is 6.07 Å². The first-order valence-corrected chi connectivity index (χ1v) is 3.76. The highest BCUT2D eigenvalue weighted by Gasteiger charge is 2.16. The molecule has 14 heavy (non-hydrogen) atoms. The Bertz CT molecular complexity index is 424. The average Bonchev–Trinajstić information content (AvgIpc) is 2.16. The molecule has 4 nitrogen and oxygen atoms in total. The molecular formula is C9H7FN2O2. The van der Waals surface area contributed by atoms with Gasteiger partial charge in [0.15, 0.2) is 5.82 Å². The zero-order chi connectivity index (χ0) is 10.7. The molecule has 0 aliphatic heterocycles. The molecule has 1 rings (SSSR count). The summed E-state index contributed by atoms with van der Waals surface area (Å²) in [5, 5.41) is 17.2. The van der Waals surface area contributed by atoms with Gasteiger partial charge < -0.3 is 10.8 Å². The minimum atomic E-state index is -1.40. The molecule has 0 saturated heterocycles. The van der Waals surface area contributed by atoms with Crippen LogP contribution in [0.15, 0.2) is 12.1 Å². The summed E-state index contributed by atoms with van der Waals surface area (Å²) in [6, 6.07) is 4.03. The highest BCUT2D eigenvalue weighted by Crippen LogP contribution is 2.16. The lowest BCUT2D eigenvalue weighted by Gasteiger charge is -2.03. The predicted octanol–water partition coefficient (Wildman–Crippen LogP) is 0.854. The fourth-order valence-electron chi connectivity index (χ4n) is 1.07. The summed E-state index contributed by atoms with van der Waals surface area (Å²) in [6.07, 6.45) is 0. The van der Waals surface area contributed by atoms with E-state index in [4.69, 9.17) is 16.1 Å². The molecule has 0 spiro atoms. The van der Waals surface area contributed by atoms with Crippen LogP contribution in [0.5, 0.6) is 0 Å². The van der Waals surface area contributed by atoms with E-state index < -0.39 is 17.3 Å². The molecule has 0 aliphatic rings. The van der Waals surface area contributed by atoms with Crippen molar-refractivity contribution in [2.45, 2.75) is 6.54 Å². The lowest BCUT2D eigenvalue weighted by atomic mass is 10.0. The van der Waals surface area contributed by atoms with Gasteiger partial charge in [0.25, 0.3) is 0 Å². The van der Waals surface area contributed by atoms with Crippen LogP contribution in [0.3, 0.4) is 0 Å².